The lowest BCUT2D eigenvalue weighted by molar-refractivity contribution is 0.262. The van der Waals surface area contributed by atoms with Crippen molar-refractivity contribution in [2.75, 3.05) is 23.7 Å². The zero-order valence-electron chi connectivity index (χ0n) is 12.2. The van der Waals surface area contributed by atoms with E-state index in [1.54, 1.807) is 24.3 Å². The molecule has 0 radical (unpaired) electrons. The number of amides is 2. The fourth-order valence-corrected chi connectivity index (χ4v) is 2.39. The minimum atomic E-state index is -0.319. The second-order valence-electron chi connectivity index (χ2n) is 4.83. The van der Waals surface area contributed by atoms with E-state index in [1.807, 2.05) is 24.3 Å². The Bertz CT molecular complexity index is 734. The number of nitrogens with one attached hydrogen (secondary N) is 3. The number of hydrogen-bond donors (Lipinski definition) is 3. The molecular weight excluding hydrogens is 335 g/mol. The highest BCUT2D eigenvalue weighted by molar-refractivity contribution is 6.30. The maximum absolute atomic E-state index is 12.0. The molecular formula is C16H16Cl2N4O. The molecule has 3 rings (SSSR count). The Morgan fingerprint density at radius 2 is 1.78 bits per heavy atom. The van der Waals surface area contributed by atoms with E-state index in [9.17, 15) is 4.79 Å². The Kier molecular flexibility index (Phi) is 5.84. The summed E-state index contributed by atoms with van der Waals surface area (Å²) in [6, 6.07) is 14.2. The molecule has 0 atom stereocenters. The lowest BCUT2D eigenvalue weighted by Gasteiger charge is -2.09. The van der Waals surface area contributed by atoms with Gasteiger partial charge in [0.15, 0.2) is 0 Å². The standard InChI is InChI=1S/C16H15ClN4O.ClH/c17-12-4-2-6-14(10-12)21-16(22)20-13-5-1-3-11(9-13)15-18-7-8-19-15;/h1-6,9-10H,7-8H2,(H,18,19)(H2,20,21,22);1H. The van der Waals surface area contributed by atoms with Gasteiger partial charge in [0.1, 0.15) is 5.84 Å². The molecule has 0 unspecified atom stereocenters. The first-order valence-corrected chi connectivity index (χ1v) is 7.31. The molecule has 0 fully saturated rings. The van der Waals surface area contributed by atoms with Crippen LogP contribution in [0.25, 0.3) is 0 Å². The minimum Gasteiger partial charge on any atom is -0.368 e. The molecule has 23 heavy (non-hydrogen) atoms. The molecule has 0 aliphatic carbocycles. The topological polar surface area (TPSA) is 65.5 Å². The average Bonchev–Trinajstić information content (AvgIpc) is 3.01. The van der Waals surface area contributed by atoms with E-state index in [4.69, 9.17) is 11.6 Å². The van der Waals surface area contributed by atoms with E-state index >= 15 is 0 Å². The molecule has 7 heteroatoms. The number of benzene rings is 2. The number of amidine groups is 1. The maximum Gasteiger partial charge on any atom is 0.323 e. The van der Waals surface area contributed by atoms with Gasteiger partial charge in [-0.15, -0.1) is 12.4 Å². The summed E-state index contributed by atoms with van der Waals surface area (Å²) in [5.41, 5.74) is 2.30. The third-order valence-corrected chi connectivity index (χ3v) is 3.39. The van der Waals surface area contributed by atoms with E-state index in [-0.39, 0.29) is 18.4 Å². The Hall–Kier alpha value is -2.24. The normalized spacial score (nSPS) is 12.7. The Morgan fingerprint density at radius 1 is 1.09 bits per heavy atom. The fourth-order valence-electron chi connectivity index (χ4n) is 2.20. The average molecular weight is 351 g/mol. The van der Waals surface area contributed by atoms with Crippen molar-refractivity contribution in [1.29, 1.82) is 0 Å². The van der Waals surface area contributed by atoms with Crippen molar-refractivity contribution in [2.45, 2.75) is 0 Å². The van der Waals surface area contributed by atoms with Crippen molar-refractivity contribution in [3.63, 3.8) is 0 Å². The van der Waals surface area contributed by atoms with Crippen molar-refractivity contribution in [1.82, 2.24) is 5.32 Å². The predicted octanol–water partition coefficient (Wildman–Crippen LogP) is 3.76. The molecule has 2 aromatic carbocycles. The number of nitrogens with zero attached hydrogens (tertiary/aromatic N) is 1. The number of carbonyl (C=O) groups is 1. The van der Waals surface area contributed by atoms with Crippen LogP contribution in [0.5, 0.6) is 0 Å². The summed E-state index contributed by atoms with van der Waals surface area (Å²) in [7, 11) is 0. The first-order valence-electron chi connectivity index (χ1n) is 6.93. The van der Waals surface area contributed by atoms with E-state index in [2.05, 4.69) is 20.9 Å². The van der Waals surface area contributed by atoms with Crippen LogP contribution in [0.4, 0.5) is 16.2 Å². The van der Waals surface area contributed by atoms with Gasteiger partial charge in [-0.3, -0.25) is 4.99 Å². The fraction of sp³-hybridized carbons (Fsp3) is 0.125. The van der Waals surface area contributed by atoms with Crippen LogP contribution in [-0.2, 0) is 0 Å². The maximum atomic E-state index is 12.0. The molecule has 5 nitrogen and oxygen atoms in total. The van der Waals surface area contributed by atoms with Gasteiger partial charge < -0.3 is 16.0 Å². The summed E-state index contributed by atoms with van der Waals surface area (Å²) >= 11 is 5.89. The minimum absolute atomic E-state index is 0. The van der Waals surface area contributed by atoms with Gasteiger partial charge in [-0.05, 0) is 30.3 Å². The number of rotatable bonds is 3. The van der Waals surface area contributed by atoms with Gasteiger partial charge in [0.25, 0.3) is 0 Å². The van der Waals surface area contributed by atoms with Crippen molar-refractivity contribution in [3.05, 3.63) is 59.1 Å². The number of carbonyl (C=O) groups excluding carboxylic acids is 1. The predicted molar refractivity (Wildman–Crippen MR) is 97.2 cm³/mol. The third-order valence-electron chi connectivity index (χ3n) is 3.15. The molecule has 1 aliphatic heterocycles. The summed E-state index contributed by atoms with van der Waals surface area (Å²) in [4.78, 5) is 16.4. The molecule has 0 aromatic heterocycles. The zero-order valence-corrected chi connectivity index (χ0v) is 13.7. The molecule has 2 amide bonds. The molecule has 1 aliphatic rings. The smallest absolute Gasteiger partial charge is 0.323 e. The Labute approximate surface area is 145 Å². The van der Waals surface area contributed by atoms with Crippen molar-refractivity contribution in [2.24, 2.45) is 4.99 Å². The Balaban J connectivity index is 0.00000192. The van der Waals surface area contributed by atoms with Crippen molar-refractivity contribution >= 4 is 47.2 Å². The summed E-state index contributed by atoms with van der Waals surface area (Å²) in [6.45, 7) is 1.63. The first-order chi connectivity index (χ1) is 10.7. The van der Waals surface area contributed by atoms with Crippen LogP contribution in [-0.4, -0.2) is 25.0 Å². The van der Waals surface area contributed by atoms with Gasteiger partial charge in [0, 0.05) is 28.5 Å². The highest BCUT2D eigenvalue weighted by Crippen LogP contribution is 2.16. The highest BCUT2D eigenvalue weighted by Gasteiger charge is 2.09. The van der Waals surface area contributed by atoms with Crippen LogP contribution in [0, 0.1) is 0 Å². The van der Waals surface area contributed by atoms with Gasteiger partial charge in [-0.1, -0.05) is 29.8 Å². The Morgan fingerprint density at radius 3 is 2.43 bits per heavy atom. The van der Waals surface area contributed by atoms with Crippen LogP contribution < -0.4 is 16.0 Å². The lowest BCUT2D eigenvalue weighted by Crippen LogP contribution is -2.21. The summed E-state index contributed by atoms with van der Waals surface area (Å²) < 4.78 is 0. The number of halogens is 2. The summed E-state index contributed by atoms with van der Waals surface area (Å²) in [5.74, 6) is 0.860. The van der Waals surface area contributed by atoms with Crippen molar-refractivity contribution < 1.29 is 4.79 Å². The van der Waals surface area contributed by atoms with Gasteiger partial charge in [-0.2, -0.15) is 0 Å². The summed E-state index contributed by atoms with van der Waals surface area (Å²) in [5, 5.41) is 9.32. The van der Waals surface area contributed by atoms with Gasteiger partial charge in [0.2, 0.25) is 0 Å². The number of anilines is 2. The van der Waals surface area contributed by atoms with Gasteiger partial charge >= 0.3 is 6.03 Å². The monoisotopic (exact) mass is 350 g/mol. The quantitative estimate of drug-likeness (QED) is 0.788. The van der Waals surface area contributed by atoms with E-state index in [1.165, 1.54) is 0 Å². The second-order valence-corrected chi connectivity index (χ2v) is 5.26. The van der Waals surface area contributed by atoms with Gasteiger partial charge in [0.05, 0.1) is 6.54 Å². The molecule has 2 aromatic rings. The molecule has 0 saturated carbocycles. The molecule has 0 saturated heterocycles. The number of aliphatic imine (C=N–C) groups is 1. The van der Waals surface area contributed by atoms with Crippen LogP contribution in [0.3, 0.4) is 0 Å². The molecule has 1 heterocycles. The summed E-state index contributed by atoms with van der Waals surface area (Å²) in [6.07, 6.45) is 0. The van der Waals surface area contributed by atoms with Crippen LogP contribution >= 0.6 is 24.0 Å². The van der Waals surface area contributed by atoms with Crippen LogP contribution in [0.15, 0.2) is 53.5 Å². The number of urea groups is 1. The van der Waals surface area contributed by atoms with E-state index < -0.39 is 0 Å². The molecule has 0 bridgehead atoms. The first kappa shape index (κ1) is 17.1. The van der Waals surface area contributed by atoms with E-state index in [0.29, 0.717) is 16.4 Å². The van der Waals surface area contributed by atoms with Crippen molar-refractivity contribution in [3.8, 4) is 0 Å². The third kappa shape index (κ3) is 4.61. The molecule has 3 N–H and O–H groups in total. The lowest BCUT2D eigenvalue weighted by atomic mass is 10.2. The zero-order chi connectivity index (χ0) is 15.4. The number of hydrogen-bond acceptors (Lipinski definition) is 3. The van der Waals surface area contributed by atoms with Gasteiger partial charge in [-0.25, -0.2) is 4.79 Å². The SMILES string of the molecule is Cl.O=C(Nc1cccc(Cl)c1)Nc1cccc(C2=NCCN2)c1. The van der Waals surface area contributed by atoms with Crippen LogP contribution in [0.1, 0.15) is 5.56 Å². The molecule has 120 valence electrons. The highest BCUT2D eigenvalue weighted by atomic mass is 35.5. The van der Waals surface area contributed by atoms with E-state index in [0.717, 1.165) is 24.5 Å². The largest absolute Gasteiger partial charge is 0.368 e. The van der Waals surface area contributed by atoms with Crippen LogP contribution in [0.2, 0.25) is 5.02 Å². The second kappa shape index (κ2) is 7.85. The molecule has 0 spiro atoms.